The molecule has 1 saturated heterocycles. The fourth-order valence-corrected chi connectivity index (χ4v) is 4.37. The maximum absolute atomic E-state index is 13.2. The Morgan fingerprint density at radius 2 is 1.58 bits per heavy atom. The molecule has 0 radical (unpaired) electrons. The molecule has 154 valence electrons. The number of hydrogen-bond donors (Lipinski definition) is 1. The van der Waals surface area contributed by atoms with Crippen LogP contribution in [0.15, 0.2) is 88.2 Å². The van der Waals surface area contributed by atoms with Crippen molar-refractivity contribution in [2.75, 3.05) is 4.90 Å². The molecule has 0 spiro atoms. The van der Waals surface area contributed by atoms with Crippen LogP contribution in [0.25, 0.3) is 6.08 Å². The molecule has 0 atom stereocenters. The van der Waals surface area contributed by atoms with E-state index in [-0.39, 0.29) is 10.7 Å². The van der Waals surface area contributed by atoms with Gasteiger partial charge in [0.1, 0.15) is 5.57 Å². The minimum Gasteiger partial charge on any atom is -0.298 e. The van der Waals surface area contributed by atoms with Gasteiger partial charge in [-0.3, -0.25) is 19.8 Å². The second-order valence-electron chi connectivity index (χ2n) is 7.23. The standard InChI is InChI=1S/C25H20N2O2S2/c1-16-8-9-17(2)22(14-16)27-24(29)21(23(28)26-25(27)30)15-18-10-12-20(13-11-18)31-19-6-4-3-5-7-19/h3-15H,1-2H3,(H,26,28,30)/b21-15+. The molecule has 0 aromatic heterocycles. The van der Waals surface area contributed by atoms with Crippen molar-refractivity contribution in [1.82, 2.24) is 5.32 Å². The minimum absolute atomic E-state index is 0.0537. The summed E-state index contributed by atoms with van der Waals surface area (Å²) in [6, 6.07) is 23.6. The largest absolute Gasteiger partial charge is 0.298 e. The molecular weight excluding hydrogens is 424 g/mol. The van der Waals surface area contributed by atoms with E-state index in [0.29, 0.717) is 5.69 Å². The highest BCUT2D eigenvalue weighted by Gasteiger charge is 2.35. The Kier molecular flexibility index (Phi) is 6.02. The number of hydrogen-bond acceptors (Lipinski definition) is 4. The van der Waals surface area contributed by atoms with Gasteiger partial charge in [-0.2, -0.15) is 0 Å². The van der Waals surface area contributed by atoms with Crippen molar-refractivity contribution in [3.8, 4) is 0 Å². The van der Waals surface area contributed by atoms with Crippen molar-refractivity contribution in [2.24, 2.45) is 0 Å². The number of aryl methyl sites for hydroxylation is 2. The van der Waals surface area contributed by atoms with Gasteiger partial charge in [-0.25, -0.2) is 0 Å². The number of rotatable bonds is 4. The molecule has 1 fully saturated rings. The molecule has 0 saturated carbocycles. The predicted molar refractivity (Wildman–Crippen MR) is 129 cm³/mol. The topological polar surface area (TPSA) is 49.4 Å². The average Bonchev–Trinajstić information content (AvgIpc) is 2.75. The third kappa shape index (κ3) is 4.60. The van der Waals surface area contributed by atoms with Gasteiger partial charge in [0.15, 0.2) is 5.11 Å². The van der Waals surface area contributed by atoms with E-state index in [1.807, 2.05) is 74.5 Å². The number of nitrogens with zero attached hydrogens (tertiary/aromatic N) is 1. The molecular formula is C25H20N2O2S2. The Bertz CT molecular complexity index is 1200. The van der Waals surface area contributed by atoms with Crippen molar-refractivity contribution in [2.45, 2.75) is 23.6 Å². The summed E-state index contributed by atoms with van der Waals surface area (Å²) in [6.45, 7) is 3.86. The highest BCUT2D eigenvalue weighted by molar-refractivity contribution is 7.99. The number of anilines is 1. The summed E-state index contributed by atoms with van der Waals surface area (Å²) in [7, 11) is 0. The van der Waals surface area contributed by atoms with Gasteiger partial charge in [-0.05, 0) is 79.2 Å². The van der Waals surface area contributed by atoms with Gasteiger partial charge in [0.2, 0.25) is 0 Å². The van der Waals surface area contributed by atoms with Crippen LogP contribution < -0.4 is 10.2 Å². The minimum atomic E-state index is -0.487. The van der Waals surface area contributed by atoms with Crippen LogP contribution in [-0.2, 0) is 9.59 Å². The highest BCUT2D eigenvalue weighted by Crippen LogP contribution is 2.29. The van der Waals surface area contributed by atoms with Gasteiger partial charge in [0.25, 0.3) is 11.8 Å². The fourth-order valence-electron chi connectivity index (χ4n) is 3.26. The summed E-state index contributed by atoms with van der Waals surface area (Å²) in [6.07, 6.45) is 1.61. The van der Waals surface area contributed by atoms with E-state index in [4.69, 9.17) is 12.2 Å². The smallest absolute Gasteiger partial charge is 0.270 e. The zero-order valence-corrected chi connectivity index (χ0v) is 18.7. The zero-order valence-electron chi connectivity index (χ0n) is 17.1. The summed E-state index contributed by atoms with van der Waals surface area (Å²) < 4.78 is 0. The molecule has 0 bridgehead atoms. The van der Waals surface area contributed by atoms with Crippen molar-refractivity contribution in [3.63, 3.8) is 0 Å². The number of benzene rings is 3. The van der Waals surface area contributed by atoms with E-state index in [9.17, 15) is 9.59 Å². The van der Waals surface area contributed by atoms with Gasteiger partial charge in [-0.15, -0.1) is 0 Å². The predicted octanol–water partition coefficient (Wildman–Crippen LogP) is 5.29. The van der Waals surface area contributed by atoms with Gasteiger partial charge in [0.05, 0.1) is 5.69 Å². The summed E-state index contributed by atoms with van der Waals surface area (Å²) in [5.74, 6) is -0.913. The van der Waals surface area contributed by atoms with E-state index in [2.05, 4.69) is 17.4 Å². The quantitative estimate of drug-likeness (QED) is 0.338. The number of amides is 2. The molecule has 3 aromatic carbocycles. The van der Waals surface area contributed by atoms with Gasteiger partial charge >= 0.3 is 0 Å². The van der Waals surface area contributed by atoms with Crippen LogP contribution in [0.3, 0.4) is 0 Å². The second-order valence-corrected chi connectivity index (χ2v) is 8.77. The zero-order chi connectivity index (χ0) is 22.0. The Balaban J connectivity index is 1.62. The lowest BCUT2D eigenvalue weighted by Gasteiger charge is -2.30. The van der Waals surface area contributed by atoms with Gasteiger partial charge in [-0.1, -0.05) is 54.2 Å². The van der Waals surface area contributed by atoms with Crippen molar-refractivity contribution < 1.29 is 9.59 Å². The molecule has 1 heterocycles. The fraction of sp³-hybridized carbons (Fsp3) is 0.0800. The van der Waals surface area contributed by atoms with E-state index in [0.717, 1.165) is 26.5 Å². The Morgan fingerprint density at radius 3 is 2.29 bits per heavy atom. The SMILES string of the molecule is Cc1ccc(C)c(N2C(=O)/C(=C/c3ccc(Sc4ccccc4)cc3)C(=O)NC2=S)c1. The molecule has 1 N–H and O–H groups in total. The first-order valence-corrected chi connectivity index (χ1v) is 11.0. The van der Waals surface area contributed by atoms with Crippen LogP contribution in [0.1, 0.15) is 16.7 Å². The molecule has 0 unspecified atom stereocenters. The molecule has 6 heteroatoms. The molecule has 31 heavy (non-hydrogen) atoms. The average molecular weight is 445 g/mol. The first kappa shape index (κ1) is 21.0. The molecule has 3 aromatic rings. The summed E-state index contributed by atoms with van der Waals surface area (Å²) in [5.41, 5.74) is 3.40. The maximum Gasteiger partial charge on any atom is 0.270 e. The monoisotopic (exact) mass is 444 g/mol. The van der Waals surface area contributed by atoms with Crippen LogP contribution in [0.4, 0.5) is 5.69 Å². The van der Waals surface area contributed by atoms with Crippen molar-refractivity contribution in [1.29, 1.82) is 0 Å². The van der Waals surface area contributed by atoms with Gasteiger partial charge in [0, 0.05) is 9.79 Å². The third-order valence-electron chi connectivity index (χ3n) is 4.88. The Hall–Kier alpha value is -3.22. The number of nitrogens with one attached hydrogen (secondary N) is 1. The first-order valence-electron chi connectivity index (χ1n) is 9.74. The second kappa shape index (κ2) is 8.88. The number of carbonyl (C=O) groups is 2. The van der Waals surface area contributed by atoms with E-state index in [1.54, 1.807) is 17.8 Å². The van der Waals surface area contributed by atoms with Crippen LogP contribution in [-0.4, -0.2) is 16.9 Å². The maximum atomic E-state index is 13.2. The van der Waals surface area contributed by atoms with E-state index >= 15 is 0 Å². The Labute approximate surface area is 191 Å². The summed E-state index contributed by atoms with van der Waals surface area (Å²) in [4.78, 5) is 29.4. The molecule has 0 aliphatic carbocycles. The van der Waals surface area contributed by atoms with E-state index in [1.165, 1.54) is 4.90 Å². The Morgan fingerprint density at radius 1 is 0.903 bits per heavy atom. The summed E-state index contributed by atoms with van der Waals surface area (Å²) in [5, 5.41) is 2.74. The molecule has 2 amide bonds. The van der Waals surface area contributed by atoms with Crippen LogP contribution in [0, 0.1) is 13.8 Å². The molecule has 4 nitrogen and oxygen atoms in total. The summed E-state index contributed by atoms with van der Waals surface area (Å²) >= 11 is 6.96. The van der Waals surface area contributed by atoms with Crippen molar-refractivity contribution in [3.05, 3.63) is 95.1 Å². The highest BCUT2D eigenvalue weighted by atomic mass is 32.2. The lowest BCUT2D eigenvalue weighted by Crippen LogP contribution is -2.54. The molecule has 4 rings (SSSR count). The molecule has 1 aliphatic rings. The number of carbonyl (C=O) groups excluding carboxylic acids is 2. The van der Waals surface area contributed by atoms with Gasteiger partial charge < -0.3 is 0 Å². The lowest BCUT2D eigenvalue weighted by molar-refractivity contribution is -0.122. The van der Waals surface area contributed by atoms with Crippen LogP contribution in [0.5, 0.6) is 0 Å². The third-order valence-corrected chi connectivity index (χ3v) is 6.18. The van der Waals surface area contributed by atoms with Crippen LogP contribution in [0.2, 0.25) is 0 Å². The molecule has 1 aliphatic heterocycles. The van der Waals surface area contributed by atoms with Crippen molar-refractivity contribution >= 4 is 52.7 Å². The lowest BCUT2D eigenvalue weighted by atomic mass is 10.0. The number of thiocarbonyl (C=S) groups is 1. The van der Waals surface area contributed by atoms with Crippen LogP contribution >= 0.6 is 24.0 Å². The van der Waals surface area contributed by atoms with E-state index < -0.39 is 11.8 Å². The first-order chi connectivity index (χ1) is 14.9. The normalized spacial score (nSPS) is 15.4.